The average Bonchev–Trinajstić information content (AvgIpc) is 2.68. The van der Waals surface area contributed by atoms with Crippen LogP contribution >= 0.6 is 11.6 Å². The van der Waals surface area contributed by atoms with E-state index in [0.717, 1.165) is 19.4 Å². The van der Waals surface area contributed by atoms with Crippen molar-refractivity contribution in [2.75, 3.05) is 32.1 Å². The fraction of sp³-hybridized carbons (Fsp3) is 0.368. The number of nitrogens with one attached hydrogen (secondary N) is 1. The molecule has 1 aromatic heterocycles. The second-order valence-electron chi connectivity index (χ2n) is 6.22. The summed E-state index contributed by atoms with van der Waals surface area (Å²) in [6, 6.07) is 10.7. The Morgan fingerprint density at radius 3 is 3.08 bits per heavy atom. The van der Waals surface area contributed by atoms with Gasteiger partial charge in [0.1, 0.15) is 10.8 Å². The lowest BCUT2D eigenvalue weighted by atomic mass is 9.99. The number of likely N-dealkylation sites (tertiary alicyclic amines) is 1. The van der Waals surface area contributed by atoms with Gasteiger partial charge in [-0.15, -0.1) is 0 Å². The number of pyridine rings is 1. The summed E-state index contributed by atoms with van der Waals surface area (Å²) in [5, 5.41) is 3.42. The number of ether oxygens (including phenoxy) is 2. The molecule has 1 saturated heterocycles. The molecule has 0 aliphatic carbocycles. The Kier molecular flexibility index (Phi) is 6.17. The number of halogens is 1. The van der Waals surface area contributed by atoms with E-state index in [1.165, 1.54) is 0 Å². The monoisotopic (exact) mass is 375 g/mol. The number of methoxy groups -OCH3 is 1. The minimum atomic E-state index is -0.112. The molecule has 0 saturated carbocycles. The number of hydrogen-bond donors (Lipinski definition) is 1. The Labute approximate surface area is 158 Å². The Balaban J connectivity index is 1.54. The van der Waals surface area contributed by atoms with Gasteiger partial charge in [0.25, 0.3) is 0 Å². The van der Waals surface area contributed by atoms with E-state index in [1.54, 1.807) is 31.5 Å². The molecule has 2 amide bonds. The second-order valence-corrected chi connectivity index (χ2v) is 6.62. The number of carbonyl (C=O) groups is 1. The van der Waals surface area contributed by atoms with Crippen molar-refractivity contribution < 1.29 is 14.3 Å². The SMILES string of the molecule is COc1cccc(NC(=O)N2CCCC(COc3ncccc3Cl)C2)c1. The Morgan fingerprint density at radius 2 is 2.27 bits per heavy atom. The maximum Gasteiger partial charge on any atom is 0.321 e. The van der Waals surface area contributed by atoms with Gasteiger partial charge in [0, 0.05) is 37.0 Å². The van der Waals surface area contributed by atoms with Crippen molar-refractivity contribution in [3.05, 3.63) is 47.6 Å². The van der Waals surface area contributed by atoms with Crippen molar-refractivity contribution in [1.29, 1.82) is 0 Å². The number of carbonyl (C=O) groups excluding carboxylic acids is 1. The number of hydrogen-bond acceptors (Lipinski definition) is 4. The number of rotatable bonds is 5. The molecule has 1 N–H and O–H groups in total. The van der Waals surface area contributed by atoms with Crippen molar-refractivity contribution in [2.45, 2.75) is 12.8 Å². The van der Waals surface area contributed by atoms with Gasteiger partial charge in [-0.3, -0.25) is 0 Å². The van der Waals surface area contributed by atoms with Crippen LogP contribution in [-0.4, -0.2) is 42.7 Å². The third-order valence-electron chi connectivity index (χ3n) is 4.31. The first-order chi connectivity index (χ1) is 12.7. The predicted molar refractivity (Wildman–Crippen MR) is 101 cm³/mol. The van der Waals surface area contributed by atoms with E-state index in [-0.39, 0.29) is 11.9 Å². The number of benzene rings is 1. The summed E-state index contributed by atoms with van der Waals surface area (Å²) < 4.78 is 10.9. The summed E-state index contributed by atoms with van der Waals surface area (Å²) in [4.78, 5) is 18.5. The van der Waals surface area contributed by atoms with Crippen LogP contribution in [0.2, 0.25) is 5.02 Å². The topological polar surface area (TPSA) is 63.7 Å². The molecular weight excluding hydrogens is 354 g/mol. The van der Waals surface area contributed by atoms with Crippen molar-refractivity contribution in [1.82, 2.24) is 9.88 Å². The van der Waals surface area contributed by atoms with Crippen molar-refractivity contribution in [3.63, 3.8) is 0 Å². The molecule has 3 rings (SSSR count). The summed E-state index contributed by atoms with van der Waals surface area (Å²) in [6.07, 6.45) is 3.60. The van der Waals surface area contributed by atoms with Crippen LogP contribution in [0.4, 0.5) is 10.5 Å². The first kappa shape index (κ1) is 18.3. The van der Waals surface area contributed by atoms with Gasteiger partial charge >= 0.3 is 6.03 Å². The summed E-state index contributed by atoms with van der Waals surface area (Å²) in [6.45, 7) is 1.86. The first-order valence-electron chi connectivity index (χ1n) is 8.59. The second kappa shape index (κ2) is 8.76. The summed E-state index contributed by atoms with van der Waals surface area (Å²) in [7, 11) is 1.60. The zero-order chi connectivity index (χ0) is 18.4. The molecule has 26 heavy (non-hydrogen) atoms. The van der Waals surface area contributed by atoms with Crippen LogP contribution < -0.4 is 14.8 Å². The highest BCUT2D eigenvalue weighted by atomic mass is 35.5. The molecule has 1 atom stereocenters. The Hall–Kier alpha value is -2.47. The Morgan fingerprint density at radius 1 is 1.38 bits per heavy atom. The number of amides is 2. The lowest BCUT2D eigenvalue weighted by Crippen LogP contribution is -2.43. The number of nitrogens with zero attached hydrogens (tertiary/aromatic N) is 2. The molecule has 0 bridgehead atoms. The van der Waals surface area contributed by atoms with Crippen LogP contribution in [0.15, 0.2) is 42.6 Å². The highest BCUT2D eigenvalue weighted by Gasteiger charge is 2.24. The van der Waals surface area contributed by atoms with Crippen molar-refractivity contribution >= 4 is 23.3 Å². The fourth-order valence-corrected chi connectivity index (χ4v) is 3.14. The highest BCUT2D eigenvalue weighted by Crippen LogP contribution is 2.24. The maximum atomic E-state index is 12.5. The molecule has 1 fully saturated rings. The minimum absolute atomic E-state index is 0.112. The van der Waals surface area contributed by atoms with Gasteiger partial charge in [0.05, 0.1) is 13.7 Å². The number of anilines is 1. The van der Waals surface area contributed by atoms with Gasteiger partial charge in [-0.25, -0.2) is 9.78 Å². The van der Waals surface area contributed by atoms with Crippen molar-refractivity contribution in [3.8, 4) is 11.6 Å². The van der Waals surface area contributed by atoms with E-state index in [0.29, 0.717) is 35.5 Å². The summed E-state index contributed by atoms with van der Waals surface area (Å²) >= 11 is 6.06. The van der Waals surface area contributed by atoms with Gasteiger partial charge in [0.15, 0.2) is 0 Å². The van der Waals surface area contributed by atoms with E-state index >= 15 is 0 Å². The van der Waals surface area contributed by atoms with Crippen LogP contribution in [0.3, 0.4) is 0 Å². The quantitative estimate of drug-likeness (QED) is 0.855. The molecule has 1 aliphatic heterocycles. The molecule has 0 spiro atoms. The Bertz CT molecular complexity index is 756. The third-order valence-corrected chi connectivity index (χ3v) is 4.60. The van der Waals surface area contributed by atoms with Crippen LogP contribution in [0.25, 0.3) is 0 Å². The van der Waals surface area contributed by atoms with Crippen LogP contribution in [0, 0.1) is 5.92 Å². The molecule has 6 nitrogen and oxygen atoms in total. The van der Waals surface area contributed by atoms with E-state index in [4.69, 9.17) is 21.1 Å². The molecular formula is C19H22ClN3O3. The molecule has 0 radical (unpaired) electrons. The molecule has 2 heterocycles. The van der Waals surface area contributed by atoms with E-state index in [2.05, 4.69) is 10.3 Å². The lowest BCUT2D eigenvalue weighted by Gasteiger charge is -2.32. The molecule has 1 unspecified atom stereocenters. The van der Waals surface area contributed by atoms with Crippen LogP contribution in [0.5, 0.6) is 11.6 Å². The minimum Gasteiger partial charge on any atom is -0.497 e. The molecule has 7 heteroatoms. The molecule has 2 aromatic rings. The van der Waals surface area contributed by atoms with E-state index < -0.39 is 0 Å². The maximum absolute atomic E-state index is 12.5. The smallest absolute Gasteiger partial charge is 0.321 e. The van der Waals surface area contributed by atoms with E-state index in [1.807, 2.05) is 23.1 Å². The van der Waals surface area contributed by atoms with Gasteiger partial charge < -0.3 is 19.7 Å². The summed E-state index contributed by atoms with van der Waals surface area (Å²) in [5.74, 6) is 1.39. The van der Waals surface area contributed by atoms with Gasteiger partial charge in [0.2, 0.25) is 5.88 Å². The molecule has 1 aliphatic rings. The standard InChI is InChI=1S/C19H22ClN3O3/c1-25-16-7-2-6-15(11-16)22-19(24)23-10-4-5-14(12-23)13-26-18-17(20)8-3-9-21-18/h2-3,6-9,11,14H,4-5,10,12-13H2,1H3,(H,22,24). The fourth-order valence-electron chi connectivity index (χ4n) is 2.96. The van der Waals surface area contributed by atoms with Gasteiger partial charge in [-0.1, -0.05) is 17.7 Å². The number of aromatic nitrogens is 1. The third kappa shape index (κ3) is 4.79. The van der Waals surface area contributed by atoms with E-state index in [9.17, 15) is 4.79 Å². The molecule has 138 valence electrons. The van der Waals surface area contributed by atoms with Gasteiger partial charge in [-0.2, -0.15) is 0 Å². The zero-order valence-electron chi connectivity index (χ0n) is 14.7. The number of piperidine rings is 1. The predicted octanol–water partition coefficient (Wildman–Crippen LogP) is 4.07. The average molecular weight is 376 g/mol. The lowest BCUT2D eigenvalue weighted by molar-refractivity contribution is 0.143. The first-order valence-corrected chi connectivity index (χ1v) is 8.97. The van der Waals surface area contributed by atoms with Crippen molar-refractivity contribution in [2.24, 2.45) is 5.92 Å². The van der Waals surface area contributed by atoms with Crippen LogP contribution in [0.1, 0.15) is 12.8 Å². The van der Waals surface area contributed by atoms with Crippen LogP contribution in [-0.2, 0) is 0 Å². The molecule has 1 aromatic carbocycles. The largest absolute Gasteiger partial charge is 0.497 e. The summed E-state index contributed by atoms with van der Waals surface area (Å²) in [5.41, 5.74) is 0.716. The number of urea groups is 1. The highest BCUT2D eigenvalue weighted by molar-refractivity contribution is 6.31. The van der Waals surface area contributed by atoms with Gasteiger partial charge in [-0.05, 0) is 37.1 Å². The normalized spacial score (nSPS) is 16.8. The zero-order valence-corrected chi connectivity index (χ0v) is 15.4.